The zero-order chi connectivity index (χ0) is 19.4. The predicted molar refractivity (Wildman–Crippen MR) is 103 cm³/mol. The van der Waals surface area contributed by atoms with Gasteiger partial charge in [-0.15, -0.1) is 0 Å². The van der Waals surface area contributed by atoms with Crippen molar-refractivity contribution >= 4 is 15.7 Å². The molecule has 0 fully saturated rings. The molecular weight excluding hydrogens is 366 g/mol. The molecule has 3 aromatic rings. The van der Waals surface area contributed by atoms with Gasteiger partial charge in [0.05, 0.1) is 5.75 Å². The first-order valence-electron chi connectivity index (χ1n) is 8.51. The van der Waals surface area contributed by atoms with Gasteiger partial charge in [-0.2, -0.15) is 4.98 Å². The number of aryl methyl sites for hydroxylation is 2. The van der Waals surface area contributed by atoms with Gasteiger partial charge in [0.25, 0.3) is 0 Å². The average molecular weight is 387 g/mol. The van der Waals surface area contributed by atoms with E-state index in [2.05, 4.69) is 19.7 Å². The first kappa shape index (κ1) is 18.8. The number of ether oxygens (including phenoxy) is 1. The molecule has 0 radical (unpaired) electrons. The SMILES string of the molecule is CCCS(=O)(=O)Nc1ccc(Oc2cc(-n3ccnc3C)nc(C)n2)cc1. The van der Waals surface area contributed by atoms with E-state index in [-0.39, 0.29) is 5.75 Å². The molecule has 0 atom stereocenters. The lowest BCUT2D eigenvalue weighted by molar-refractivity contribution is 0.459. The van der Waals surface area contributed by atoms with Gasteiger partial charge in [0.2, 0.25) is 15.9 Å². The van der Waals surface area contributed by atoms with E-state index in [9.17, 15) is 8.42 Å². The Kier molecular flexibility index (Phi) is 5.41. The van der Waals surface area contributed by atoms with Crippen LogP contribution in [0.1, 0.15) is 25.0 Å². The highest BCUT2D eigenvalue weighted by Gasteiger charge is 2.10. The molecule has 0 aliphatic rings. The molecule has 0 saturated heterocycles. The lowest BCUT2D eigenvalue weighted by Gasteiger charge is -2.10. The van der Waals surface area contributed by atoms with Crippen molar-refractivity contribution in [3.63, 3.8) is 0 Å². The number of nitrogens with zero attached hydrogens (tertiary/aromatic N) is 4. The fourth-order valence-electron chi connectivity index (χ4n) is 2.53. The van der Waals surface area contributed by atoms with Crippen molar-refractivity contribution in [2.24, 2.45) is 0 Å². The maximum absolute atomic E-state index is 11.8. The number of rotatable bonds is 7. The van der Waals surface area contributed by atoms with Crippen molar-refractivity contribution < 1.29 is 13.2 Å². The molecule has 9 heteroatoms. The molecule has 8 nitrogen and oxygen atoms in total. The minimum absolute atomic E-state index is 0.0852. The number of nitrogens with one attached hydrogen (secondary N) is 1. The van der Waals surface area contributed by atoms with Crippen molar-refractivity contribution in [3.8, 4) is 17.4 Å². The molecule has 0 amide bonds. The van der Waals surface area contributed by atoms with E-state index in [0.29, 0.717) is 35.4 Å². The monoisotopic (exact) mass is 387 g/mol. The van der Waals surface area contributed by atoms with Crippen LogP contribution < -0.4 is 9.46 Å². The van der Waals surface area contributed by atoms with E-state index >= 15 is 0 Å². The van der Waals surface area contributed by atoms with Crippen LogP contribution in [-0.2, 0) is 10.0 Å². The second-order valence-corrected chi connectivity index (χ2v) is 7.85. The summed E-state index contributed by atoms with van der Waals surface area (Å²) in [6.07, 6.45) is 4.08. The molecule has 1 N–H and O–H groups in total. The van der Waals surface area contributed by atoms with E-state index in [1.165, 1.54) is 0 Å². The number of benzene rings is 1. The quantitative estimate of drug-likeness (QED) is 0.668. The minimum atomic E-state index is -3.32. The number of sulfonamides is 1. The summed E-state index contributed by atoms with van der Waals surface area (Å²) in [6, 6.07) is 8.39. The van der Waals surface area contributed by atoms with Gasteiger partial charge >= 0.3 is 0 Å². The normalized spacial score (nSPS) is 11.4. The van der Waals surface area contributed by atoms with Gasteiger partial charge in [-0.3, -0.25) is 9.29 Å². The summed E-state index contributed by atoms with van der Waals surface area (Å²) in [4.78, 5) is 12.9. The summed E-state index contributed by atoms with van der Waals surface area (Å²) < 4.78 is 33.8. The van der Waals surface area contributed by atoms with Crippen LogP contribution in [0.3, 0.4) is 0 Å². The molecule has 1 aromatic carbocycles. The van der Waals surface area contributed by atoms with Crippen LogP contribution in [0.5, 0.6) is 11.6 Å². The van der Waals surface area contributed by atoms with Crippen LogP contribution in [0, 0.1) is 13.8 Å². The molecule has 142 valence electrons. The van der Waals surface area contributed by atoms with Crippen LogP contribution in [0.2, 0.25) is 0 Å². The Morgan fingerprint density at radius 2 is 1.89 bits per heavy atom. The second-order valence-electron chi connectivity index (χ2n) is 6.00. The lowest BCUT2D eigenvalue weighted by atomic mass is 10.3. The van der Waals surface area contributed by atoms with Gasteiger partial charge in [-0.05, 0) is 44.5 Å². The zero-order valence-electron chi connectivity index (χ0n) is 15.4. The first-order valence-corrected chi connectivity index (χ1v) is 10.2. The predicted octanol–water partition coefficient (Wildman–Crippen LogP) is 3.22. The highest BCUT2D eigenvalue weighted by molar-refractivity contribution is 7.92. The van der Waals surface area contributed by atoms with Gasteiger partial charge in [0, 0.05) is 24.1 Å². The van der Waals surface area contributed by atoms with E-state index in [0.717, 1.165) is 5.82 Å². The molecule has 3 rings (SSSR count). The Bertz CT molecular complexity index is 1030. The van der Waals surface area contributed by atoms with Crippen LogP contribution in [0.15, 0.2) is 42.7 Å². The molecule has 2 aromatic heterocycles. The maximum Gasteiger partial charge on any atom is 0.232 e. The van der Waals surface area contributed by atoms with E-state index in [4.69, 9.17) is 4.74 Å². The summed E-state index contributed by atoms with van der Waals surface area (Å²) in [5.74, 6) is 3.06. The van der Waals surface area contributed by atoms with Crippen molar-refractivity contribution in [1.82, 2.24) is 19.5 Å². The largest absolute Gasteiger partial charge is 0.439 e. The molecule has 2 heterocycles. The van der Waals surface area contributed by atoms with Gasteiger partial charge in [-0.25, -0.2) is 18.4 Å². The Morgan fingerprint density at radius 3 is 2.52 bits per heavy atom. The van der Waals surface area contributed by atoms with E-state index in [1.54, 1.807) is 43.5 Å². The molecule has 0 aliphatic heterocycles. The number of aromatic nitrogens is 4. The summed E-state index contributed by atoms with van der Waals surface area (Å²) in [7, 11) is -3.32. The molecule has 0 saturated carbocycles. The third kappa shape index (κ3) is 4.82. The molecule has 0 spiro atoms. The first-order chi connectivity index (χ1) is 12.9. The van der Waals surface area contributed by atoms with Crippen molar-refractivity contribution in [1.29, 1.82) is 0 Å². The average Bonchev–Trinajstić information content (AvgIpc) is 3.02. The molecule has 0 bridgehead atoms. The Labute approximate surface area is 158 Å². The Balaban J connectivity index is 1.78. The number of imidazole rings is 1. The van der Waals surface area contributed by atoms with Gasteiger partial charge in [0.15, 0.2) is 0 Å². The summed E-state index contributed by atoms with van der Waals surface area (Å²) >= 11 is 0. The fraction of sp³-hybridized carbons (Fsp3) is 0.278. The van der Waals surface area contributed by atoms with Crippen molar-refractivity contribution in [2.75, 3.05) is 10.5 Å². The van der Waals surface area contributed by atoms with E-state index in [1.807, 2.05) is 24.6 Å². The minimum Gasteiger partial charge on any atom is -0.439 e. The van der Waals surface area contributed by atoms with Gasteiger partial charge in [-0.1, -0.05) is 6.92 Å². The molecule has 27 heavy (non-hydrogen) atoms. The van der Waals surface area contributed by atoms with Gasteiger partial charge < -0.3 is 4.74 Å². The van der Waals surface area contributed by atoms with Crippen LogP contribution in [-0.4, -0.2) is 33.7 Å². The van der Waals surface area contributed by atoms with Crippen LogP contribution >= 0.6 is 0 Å². The standard InChI is InChI=1S/C18H21N5O3S/c1-4-11-27(24,25)22-15-5-7-16(8-6-15)26-18-12-17(20-13(2)21-18)23-10-9-19-14(23)3/h5-10,12,22H,4,11H2,1-3H3. The topological polar surface area (TPSA) is 99.0 Å². The summed E-state index contributed by atoms with van der Waals surface area (Å²) in [5.41, 5.74) is 0.490. The highest BCUT2D eigenvalue weighted by Crippen LogP contribution is 2.24. The smallest absolute Gasteiger partial charge is 0.232 e. The van der Waals surface area contributed by atoms with Crippen LogP contribution in [0.25, 0.3) is 5.82 Å². The van der Waals surface area contributed by atoms with E-state index < -0.39 is 10.0 Å². The molecule has 0 aliphatic carbocycles. The Morgan fingerprint density at radius 1 is 1.15 bits per heavy atom. The number of hydrogen-bond donors (Lipinski definition) is 1. The van der Waals surface area contributed by atoms with Crippen molar-refractivity contribution in [3.05, 3.63) is 54.4 Å². The molecular formula is C18H21N5O3S. The Hall–Kier alpha value is -2.94. The number of anilines is 1. The fourth-order valence-corrected chi connectivity index (χ4v) is 3.67. The number of hydrogen-bond acceptors (Lipinski definition) is 6. The molecule has 0 unspecified atom stereocenters. The highest BCUT2D eigenvalue weighted by atomic mass is 32.2. The summed E-state index contributed by atoms with van der Waals surface area (Å²) in [5, 5.41) is 0. The lowest BCUT2D eigenvalue weighted by Crippen LogP contribution is -2.15. The third-order valence-corrected chi connectivity index (χ3v) is 5.19. The summed E-state index contributed by atoms with van der Waals surface area (Å²) in [6.45, 7) is 5.49. The van der Waals surface area contributed by atoms with Gasteiger partial charge in [0.1, 0.15) is 23.2 Å². The van der Waals surface area contributed by atoms with Crippen LogP contribution in [0.4, 0.5) is 5.69 Å². The second kappa shape index (κ2) is 7.75. The zero-order valence-corrected chi connectivity index (χ0v) is 16.2. The third-order valence-electron chi connectivity index (χ3n) is 3.70. The maximum atomic E-state index is 11.8. The van der Waals surface area contributed by atoms with Crippen molar-refractivity contribution in [2.45, 2.75) is 27.2 Å².